The number of rotatable bonds is 2. The Labute approximate surface area is 98.2 Å². The van der Waals surface area contributed by atoms with Gasteiger partial charge < -0.3 is 10.2 Å². The van der Waals surface area contributed by atoms with Crippen molar-refractivity contribution in [3.8, 4) is 6.07 Å². The summed E-state index contributed by atoms with van der Waals surface area (Å²) in [6.07, 6.45) is 3.15. The molecular weight excluding hydrogens is 200 g/mol. The number of hydrogen-bond acceptors (Lipinski definition) is 4. The molecule has 2 rings (SSSR count). The summed E-state index contributed by atoms with van der Waals surface area (Å²) in [6, 6.07) is 3.07. The number of likely N-dealkylation sites (N-methyl/N-ethyl adjacent to an activating group) is 1. The van der Waals surface area contributed by atoms with Crippen molar-refractivity contribution < 1.29 is 0 Å². The summed E-state index contributed by atoms with van der Waals surface area (Å²) in [5.74, 6) is 0. The minimum Gasteiger partial charge on any atom is -0.304 e. The highest BCUT2D eigenvalue weighted by molar-refractivity contribution is 5.13. The molecule has 1 aliphatic heterocycles. The highest BCUT2D eigenvalue weighted by Gasteiger charge is 2.40. The number of nitriles is 1. The van der Waals surface area contributed by atoms with Gasteiger partial charge in [0.2, 0.25) is 0 Å². The summed E-state index contributed by atoms with van der Waals surface area (Å²) < 4.78 is 0. The molecule has 90 valence electrons. The fourth-order valence-corrected chi connectivity index (χ4v) is 2.90. The first kappa shape index (κ1) is 11.8. The molecule has 1 aliphatic carbocycles. The molecule has 2 atom stereocenters. The van der Waals surface area contributed by atoms with Gasteiger partial charge in [-0.1, -0.05) is 0 Å². The molecule has 0 radical (unpaired) electrons. The van der Waals surface area contributed by atoms with Gasteiger partial charge in [-0.15, -0.1) is 0 Å². The fraction of sp³-hybridized carbons (Fsp3) is 0.917. The van der Waals surface area contributed by atoms with Crippen LogP contribution >= 0.6 is 0 Å². The number of hydrogen-bond donors (Lipinski definition) is 1. The number of piperazine rings is 1. The molecule has 0 spiro atoms. The maximum Gasteiger partial charge on any atom is 0.108 e. The van der Waals surface area contributed by atoms with Crippen molar-refractivity contribution in [3.05, 3.63) is 0 Å². The maximum absolute atomic E-state index is 9.24. The van der Waals surface area contributed by atoms with Gasteiger partial charge in [0.1, 0.15) is 5.54 Å². The van der Waals surface area contributed by atoms with Gasteiger partial charge in [-0.25, -0.2) is 0 Å². The van der Waals surface area contributed by atoms with Crippen LogP contribution in [0, 0.1) is 11.3 Å². The first-order valence-corrected chi connectivity index (χ1v) is 6.22. The lowest BCUT2D eigenvalue weighted by Crippen LogP contribution is -2.49. The monoisotopic (exact) mass is 222 g/mol. The molecule has 2 unspecified atom stereocenters. The van der Waals surface area contributed by atoms with Gasteiger partial charge in [-0.05, 0) is 33.4 Å². The lowest BCUT2D eigenvalue weighted by Gasteiger charge is -2.36. The average Bonchev–Trinajstić information content (AvgIpc) is 2.75. The SMILES string of the molecule is CNC1(C#N)CCC(N2CCN(C)CC2)C1. The lowest BCUT2D eigenvalue weighted by molar-refractivity contribution is 0.111. The smallest absolute Gasteiger partial charge is 0.108 e. The van der Waals surface area contributed by atoms with E-state index in [1.165, 1.54) is 0 Å². The Hall–Kier alpha value is -0.630. The second-order valence-corrected chi connectivity index (χ2v) is 5.18. The number of nitrogens with one attached hydrogen (secondary N) is 1. The Morgan fingerprint density at radius 3 is 2.50 bits per heavy atom. The van der Waals surface area contributed by atoms with E-state index in [9.17, 15) is 5.26 Å². The van der Waals surface area contributed by atoms with Crippen LogP contribution in [-0.4, -0.2) is 61.7 Å². The van der Waals surface area contributed by atoms with E-state index < -0.39 is 0 Å². The molecule has 4 heteroatoms. The molecule has 16 heavy (non-hydrogen) atoms. The van der Waals surface area contributed by atoms with Crippen LogP contribution in [0.3, 0.4) is 0 Å². The van der Waals surface area contributed by atoms with E-state index in [-0.39, 0.29) is 5.54 Å². The van der Waals surface area contributed by atoms with Crippen LogP contribution < -0.4 is 5.32 Å². The molecule has 1 heterocycles. The third-order valence-electron chi connectivity index (χ3n) is 4.24. The fourth-order valence-electron chi connectivity index (χ4n) is 2.90. The molecule has 0 amide bonds. The molecule has 2 fully saturated rings. The van der Waals surface area contributed by atoms with Crippen molar-refractivity contribution in [3.63, 3.8) is 0 Å². The Morgan fingerprint density at radius 2 is 2.00 bits per heavy atom. The number of nitrogens with zero attached hydrogens (tertiary/aromatic N) is 3. The van der Waals surface area contributed by atoms with Crippen molar-refractivity contribution in [1.82, 2.24) is 15.1 Å². The van der Waals surface area contributed by atoms with E-state index in [0.29, 0.717) is 6.04 Å². The Bertz CT molecular complexity index is 277. The van der Waals surface area contributed by atoms with Gasteiger partial charge in [0.15, 0.2) is 0 Å². The van der Waals surface area contributed by atoms with Crippen molar-refractivity contribution >= 4 is 0 Å². The first-order valence-electron chi connectivity index (χ1n) is 6.22. The van der Waals surface area contributed by atoms with Crippen molar-refractivity contribution in [2.45, 2.75) is 30.8 Å². The summed E-state index contributed by atoms with van der Waals surface area (Å²) in [4.78, 5) is 4.94. The zero-order chi connectivity index (χ0) is 11.6. The predicted octanol–water partition coefficient (Wildman–Crippen LogP) is 0.268. The van der Waals surface area contributed by atoms with E-state index in [1.54, 1.807) is 0 Å². The molecule has 0 aromatic carbocycles. The summed E-state index contributed by atoms with van der Waals surface area (Å²) in [7, 11) is 4.09. The second-order valence-electron chi connectivity index (χ2n) is 5.18. The summed E-state index contributed by atoms with van der Waals surface area (Å²) >= 11 is 0. The molecule has 4 nitrogen and oxygen atoms in total. The van der Waals surface area contributed by atoms with Gasteiger partial charge in [0.05, 0.1) is 6.07 Å². The quantitative estimate of drug-likeness (QED) is 0.728. The molecule has 1 saturated carbocycles. The van der Waals surface area contributed by atoms with E-state index in [1.807, 2.05) is 7.05 Å². The lowest BCUT2D eigenvalue weighted by atomic mass is 10.00. The van der Waals surface area contributed by atoms with Crippen LogP contribution in [-0.2, 0) is 0 Å². The van der Waals surface area contributed by atoms with Gasteiger partial charge >= 0.3 is 0 Å². The topological polar surface area (TPSA) is 42.3 Å². The third kappa shape index (κ3) is 2.22. The highest BCUT2D eigenvalue weighted by Crippen LogP contribution is 2.32. The summed E-state index contributed by atoms with van der Waals surface area (Å²) in [5.41, 5.74) is -0.256. The van der Waals surface area contributed by atoms with E-state index >= 15 is 0 Å². The molecule has 1 saturated heterocycles. The van der Waals surface area contributed by atoms with Crippen LogP contribution in [0.4, 0.5) is 0 Å². The zero-order valence-corrected chi connectivity index (χ0v) is 10.4. The largest absolute Gasteiger partial charge is 0.304 e. The van der Waals surface area contributed by atoms with E-state index in [0.717, 1.165) is 45.4 Å². The maximum atomic E-state index is 9.24. The van der Waals surface area contributed by atoms with Gasteiger partial charge in [-0.3, -0.25) is 4.90 Å². The van der Waals surface area contributed by atoms with Crippen molar-refractivity contribution in [1.29, 1.82) is 5.26 Å². The van der Waals surface area contributed by atoms with Gasteiger partial charge in [0.25, 0.3) is 0 Å². The molecule has 0 aromatic rings. The van der Waals surface area contributed by atoms with Crippen LogP contribution in [0.1, 0.15) is 19.3 Å². The third-order valence-corrected chi connectivity index (χ3v) is 4.24. The molecule has 1 N–H and O–H groups in total. The van der Waals surface area contributed by atoms with Crippen LogP contribution in [0.2, 0.25) is 0 Å². The normalized spacial score (nSPS) is 37.4. The standard InChI is InChI=1S/C12H22N4/c1-14-12(10-13)4-3-11(9-12)16-7-5-15(2)6-8-16/h11,14H,3-9H2,1-2H3. The first-order chi connectivity index (χ1) is 7.69. The molecule has 2 aliphatic rings. The highest BCUT2D eigenvalue weighted by atomic mass is 15.3. The van der Waals surface area contributed by atoms with Crippen molar-refractivity contribution in [2.75, 3.05) is 40.3 Å². The van der Waals surface area contributed by atoms with E-state index in [4.69, 9.17) is 0 Å². The summed E-state index contributed by atoms with van der Waals surface area (Å²) in [6.45, 7) is 4.64. The van der Waals surface area contributed by atoms with Gasteiger partial charge in [-0.2, -0.15) is 5.26 Å². The Kier molecular flexibility index (Phi) is 3.48. The average molecular weight is 222 g/mol. The predicted molar refractivity (Wildman–Crippen MR) is 64.1 cm³/mol. The Balaban J connectivity index is 1.91. The molecule has 0 aromatic heterocycles. The molecule has 0 bridgehead atoms. The molecular formula is C12H22N4. The van der Waals surface area contributed by atoms with Crippen LogP contribution in [0.5, 0.6) is 0 Å². The summed E-state index contributed by atoms with van der Waals surface area (Å²) in [5, 5.41) is 12.4. The van der Waals surface area contributed by atoms with E-state index in [2.05, 4.69) is 28.2 Å². The van der Waals surface area contributed by atoms with Crippen LogP contribution in [0.25, 0.3) is 0 Å². The zero-order valence-electron chi connectivity index (χ0n) is 10.4. The van der Waals surface area contributed by atoms with Gasteiger partial charge in [0, 0.05) is 32.2 Å². The van der Waals surface area contributed by atoms with Crippen molar-refractivity contribution in [2.24, 2.45) is 0 Å². The van der Waals surface area contributed by atoms with Crippen LogP contribution in [0.15, 0.2) is 0 Å². The minimum atomic E-state index is -0.256. The second kappa shape index (κ2) is 4.70. The Morgan fingerprint density at radius 1 is 1.31 bits per heavy atom. The minimum absolute atomic E-state index is 0.256.